The second-order valence-corrected chi connectivity index (χ2v) is 14.8. The van der Waals surface area contributed by atoms with E-state index in [-0.39, 0.29) is 51.1 Å². The molecule has 1 aliphatic carbocycles. The first-order chi connectivity index (χ1) is 23.0. The molecule has 0 heterocycles. The van der Waals surface area contributed by atoms with Gasteiger partial charge < -0.3 is 10.2 Å². The maximum absolute atomic E-state index is 15.2. The number of nitrogens with one attached hydrogen (secondary N) is 1. The molecule has 2 amide bonds. The number of hydrogen-bond acceptors (Lipinski definition) is 4. The molecule has 0 saturated heterocycles. The highest BCUT2D eigenvalue weighted by atomic mass is 35.5. The molecule has 11 heteroatoms. The van der Waals surface area contributed by atoms with Gasteiger partial charge in [0.15, 0.2) is 0 Å². The van der Waals surface area contributed by atoms with Crippen LogP contribution in [0.5, 0.6) is 0 Å². The third-order valence-corrected chi connectivity index (χ3v) is 10.8. The van der Waals surface area contributed by atoms with E-state index >= 15 is 4.39 Å². The Hall–Kier alpha value is -3.92. The highest BCUT2D eigenvalue weighted by Gasteiger charge is 2.36. The van der Waals surface area contributed by atoms with Gasteiger partial charge in [0.25, 0.3) is 10.0 Å². The van der Waals surface area contributed by atoms with Crippen LogP contribution >= 0.6 is 23.2 Å². The second kappa shape index (κ2) is 16.0. The minimum absolute atomic E-state index is 0.0477. The Labute approximate surface area is 291 Å². The lowest BCUT2D eigenvalue weighted by molar-refractivity contribution is -0.140. The summed E-state index contributed by atoms with van der Waals surface area (Å²) in [6, 6.07) is 24.7. The molecule has 1 N–H and O–H groups in total. The van der Waals surface area contributed by atoms with Crippen LogP contribution in [-0.2, 0) is 32.6 Å². The molecule has 1 aliphatic rings. The fraction of sp³-hybridized carbons (Fsp3) is 0.297. The first-order valence-electron chi connectivity index (χ1n) is 15.9. The van der Waals surface area contributed by atoms with Crippen molar-refractivity contribution >= 4 is 50.7 Å². The predicted octanol–water partition coefficient (Wildman–Crippen LogP) is 7.73. The van der Waals surface area contributed by atoms with E-state index in [1.807, 2.05) is 37.3 Å². The molecule has 1 saturated carbocycles. The monoisotopic (exact) mass is 709 g/mol. The summed E-state index contributed by atoms with van der Waals surface area (Å²) in [5, 5.41) is 3.49. The Morgan fingerprint density at radius 1 is 0.875 bits per heavy atom. The summed E-state index contributed by atoms with van der Waals surface area (Å²) in [6.45, 7) is 0.861. The van der Waals surface area contributed by atoms with Crippen LogP contribution in [0.2, 0.25) is 10.0 Å². The zero-order valence-electron chi connectivity index (χ0n) is 26.6. The number of hydrogen-bond donors (Lipinski definition) is 1. The Kier molecular flexibility index (Phi) is 11.8. The number of nitrogens with zero attached hydrogens (tertiary/aromatic N) is 2. The lowest BCUT2D eigenvalue weighted by atomic mass is 9.94. The molecular weight excluding hydrogens is 672 g/mol. The van der Waals surface area contributed by atoms with E-state index in [0.717, 1.165) is 47.5 Å². The van der Waals surface area contributed by atoms with Crippen LogP contribution in [0.3, 0.4) is 0 Å². The lowest BCUT2D eigenvalue weighted by Crippen LogP contribution is -2.55. The van der Waals surface area contributed by atoms with Crippen molar-refractivity contribution in [3.8, 4) is 0 Å². The molecule has 0 radical (unpaired) electrons. The number of carbonyl (C=O) groups excluding carboxylic acids is 2. The quantitative estimate of drug-likeness (QED) is 0.163. The van der Waals surface area contributed by atoms with Crippen LogP contribution in [0.25, 0.3) is 0 Å². The Bertz CT molecular complexity index is 1820. The Morgan fingerprint density at radius 2 is 1.50 bits per heavy atom. The lowest BCUT2D eigenvalue weighted by Gasteiger charge is -2.35. The van der Waals surface area contributed by atoms with Crippen LogP contribution in [0.4, 0.5) is 10.1 Å². The molecule has 0 aromatic heterocycles. The molecule has 48 heavy (non-hydrogen) atoms. The molecule has 1 atom stereocenters. The maximum Gasteiger partial charge on any atom is 0.264 e. The summed E-state index contributed by atoms with van der Waals surface area (Å²) in [6.07, 6.45) is 4.84. The van der Waals surface area contributed by atoms with E-state index in [1.54, 1.807) is 30.3 Å². The smallest absolute Gasteiger partial charge is 0.264 e. The van der Waals surface area contributed by atoms with Crippen molar-refractivity contribution in [1.29, 1.82) is 0 Å². The van der Waals surface area contributed by atoms with Crippen molar-refractivity contribution < 1.29 is 22.4 Å². The van der Waals surface area contributed by atoms with Crippen molar-refractivity contribution in [2.75, 3.05) is 10.8 Å². The number of aryl methyl sites for hydroxylation is 1. The van der Waals surface area contributed by atoms with Gasteiger partial charge in [0.05, 0.1) is 10.6 Å². The zero-order valence-corrected chi connectivity index (χ0v) is 28.9. The highest BCUT2D eigenvalue weighted by molar-refractivity contribution is 7.92. The van der Waals surface area contributed by atoms with Crippen LogP contribution in [-0.4, -0.2) is 43.8 Å². The Morgan fingerprint density at radius 3 is 2.15 bits per heavy atom. The van der Waals surface area contributed by atoms with Crippen molar-refractivity contribution in [2.45, 2.75) is 69.0 Å². The molecule has 4 aromatic rings. The van der Waals surface area contributed by atoms with Gasteiger partial charge in [-0.05, 0) is 61.7 Å². The van der Waals surface area contributed by atoms with Gasteiger partial charge in [0.2, 0.25) is 11.8 Å². The van der Waals surface area contributed by atoms with Crippen molar-refractivity contribution in [3.63, 3.8) is 0 Å². The fourth-order valence-corrected chi connectivity index (χ4v) is 7.87. The molecule has 4 aromatic carbocycles. The van der Waals surface area contributed by atoms with Crippen LogP contribution in [0.15, 0.2) is 102 Å². The number of amides is 2. The summed E-state index contributed by atoms with van der Waals surface area (Å²) in [5.74, 6) is -1.63. The van der Waals surface area contributed by atoms with E-state index < -0.39 is 34.3 Å². The van der Waals surface area contributed by atoms with E-state index in [9.17, 15) is 18.0 Å². The van der Waals surface area contributed by atoms with Crippen LogP contribution in [0.1, 0.15) is 48.8 Å². The first-order valence-corrected chi connectivity index (χ1v) is 18.1. The summed E-state index contributed by atoms with van der Waals surface area (Å²) < 4.78 is 44.5. The normalized spacial score (nSPS) is 14.2. The number of halogens is 3. The van der Waals surface area contributed by atoms with Gasteiger partial charge >= 0.3 is 0 Å². The molecule has 252 valence electrons. The summed E-state index contributed by atoms with van der Waals surface area (Å²) in [4.78, 5) is 30.0. The number of sulfonamides is 1. The van der Waals surface area contributed by atoms with Gasteiger partial charge in [-0.2, -0.15) is 0 Å². The van der Waals surface area contributed by atoms with Gasteiger partial charge in [0, 0.05) is 34.6 Å². The molecular formula is C37H38Cl2FN3O4S. The standard InChI is InChI=1S/C37H38Cl2FN3O4S/c1-26-16-18-33(19-17-26)48(46,47)43(32-22-29(38)21-30(39)23-32)25-36(44)42(24-28-12-8-9-15-34(28)40)35(20-27-10-4-2-5-11-27)37(45)41-31-13-6-3-7-14-31/h2,4-5,8-12,15-19,21-23,31,35H,3,6-7,13-14,20,24-25H2,1H3,(H,41,45)/t35-/m0/s1. The van der Waals surface area contributed by atoms with E-state index in [4.69, 9.17) is 23.2 Å². The van der Waals surface area contributed by atoms with Crippen LogP contribution in [0, 0.1) is 12.7 Å². The van der Waals surface area contributed by atoms with Gasteiger partial charge in [0.1, 0.15) is 18.4 Å². The Balaban J connectivity index is 1.59. The minimum atomic E-state index is -4.35. The number of benzene rings is 4. The molecule has 1 fully saturated rings. The first kappa shape index (κ1) is 35.4. The van der Waals surface area contributed by atoms with E-state index in [2.05, 4.69) is 5.32 Å². The van der Waals surface area contributed by atoms with E-state index in [1.165, 1.54) is 41.3 Å². The third kappa shape index (κ3) is 8.95. The average Bonchev–Trinajstić information content (AvgIpc) is 3.06. The van der Waals surface area contributed by atoms with Gasteiger partial charge in [-0.25, -0.2) is 12.8 Å². The molecule has 0 aliphatic heterocycles. The molecule has 0 spiro atoms. The molecule has 0 bridgehead atoms. The SMILES string of the molecule is Cc1ccc(S(=O)(=O)N(CC(=O)N(Cc2ccccc2F)[C@@H](Cc2ccccc2)C(=O)NC2CCCCC2)c2cc(Cl)cc(Cl)c2)cc1. The highest BCUT2D eigenvalue weighted by Crippen LogP contribution is 2.31. The summed E-state index contributed by atoms with van der Waals surface area (Å²) in [5.41, 5.74) is 1.90. The van der Waals surface area contributed by atoms with E-state index in [0.29, 0.717) is 0 Å². The van der Waals surface area contributed by atoms with Gasteiger partial charge in [-0.15, -0.1) is 0 Å². The minimum Gasteiger partial charge on any atom is -0.352 e. The topological polar surface area (TPSA) is 86.8 Å². The molecule has 5 rings (SSSR count). The average molecular weight is 711 g/mol. The third-order valence-electron chi connectivity index (χ3n) is 8.54. The number of carbonyl (C=O) groups is 2. The largest absolute Gasteiger partial charge is 0.352 e. The number of anilines is 1. The van der Waals surface area contributed by atoms with Gasteiger partial charge in [-0.1, -0.05) is 109 Å². The second-order valence-electron chi connectivity index (χ2n) is 12.1. The van der Waals surface area contributed by atoms with Gasteiger partial charge in [-0.3, -0.25) is 13.9 Å². The predicted molar refractivity (Wildman–Crippen MR) is 188 cm³/mol. The molecule has 7 nitrogen and oxygen atoms in total. The summed E-state index contributed by atoms with van der Waals surface area (Å²) in [7, 11) is -4.35. The van der Waals surface area contributed by atoms with Crippen molar-refractivity contribution in [1.82, 2.24) is 10.2 Å². The van der Waals surface area contributed by atoms with Crippen molar-refractivity contribution in [3.05, 3.63) is 130 Å². The van der Waals surface area contributed by atoms with Crippen molar-refractivity contribution in [2.24, 2.45) is 0 Å². The van der Waals surface area contributed by atoms with Crippen LogP contribution < -0.4 is 9.62 Å². The maximum atomic E-state index is 15.2. The molecule has 0 unspecified atom stereocenters. The zero-order chi connectivity index (χ0) is 34.3. The number of rotatable bonds is 12. The fourth-order valence-electron chi connectivity index (χ4n) is 5.96. The summed E-state index contributed by atoms with van der Waals surface area (Å²) >= 11 is 12.6.